The Hall–Kier alpha value is -4.10. The number of methoxy groups -OCH3 is 1. The van der Waals surface area contributed by atoms with Crippen LogP contribution in [-0.2, 0) is 15.0 Å². The zero-order chi connectivity index (χ0) is 29.0. The van der Waals surface area contributed by atoms with Crippen LogP contribution in [0.1, 0.15) is 49.9 Å². The maximum atomic E-state index is 13.5. The summed E-state index contributed by atoms with van der Waals surface area (Å²) in [6.45, 7) is 7.27. The van der Waals surface area contributed by atoms with Crippen molar-refractivity contribution in [2.24, 2.45) is 0 Å². The van der Waals surface area contributed by atoms with E-state index in [2.05, 4.69) is 20.8 Å². The van der Waals surface area contributed by atoms with E-state index in [9.17, 15) is 14.7 Å². The smallest absolute Gasteiger partial charge is 0.295 e. The van der Waals surface area contributed by atoms with Gasteiger partial charge in [0.1, 0.15) is 23.0 Å². The van der Waals surface area contributed by atoms with E-state index in [1.807, 2.05) is 79.7 Å². The summed E-state index contributed by atoms with van der Waals surface area (Å²) in [4.78, 5) is 30.5. The molecule has 0 aromatic heterocycles. The molecule has 7 heteroatoms. The van der Waals surface area contributed by atoms with Crippen LogP contribution in [0.25, 0.3) is 5.76 Å². The lowest BCUT2D eigenvalue weighted by Crippen LogP contribution is -2.32. The maximum Gasteiger partial charge on any atom is 0.295 e. The number of hydrogen-bond acceptors (Lipinski definition) is 6. The molecule has 3 aromatic rings. The van der Waals surface area contributed by atoms with Crippen molar-refractivity contribution < 1.29 is 24.2 Å². The van der Waals surface area contributed by atoms with Crippen LogP contribution in [0.15, 0.2) is 78.4 Å². The van der Waals surface area contributed by atoms with Gasteiger partial charge in [-0.2, -0.15) is 0 Å². The zero-order valence-electron chi connectivity index (χ0n) is 24.1. The molecule has 210 valence electrons. The molecular weight excluding hydrogens is 504 g/mol. The number of ether oxygens (including phenoxy) is 2. The van der Waals surface area contributed by atoms with E-state index in [1.54, 1.807) is 24.1 Å². The Kier molecular flexibility index (Phi) is 8.64. The molecule has 0 aliphatic carbocycles. The third-order valence-electron chi connectivity index (χ3n) is 6.98. The number of aliphatic hydroxyl groups excluding tert-OH is 1. The lowest BCUT2D eigenvalue weighted by molar-refractivity contribution is -0.139. The topological polar surface area (TPSA) is 79.3 Å². The Labute approximate surface area is 236 Å². The van der Waals surface area contributed by atoms with Crippen molar-refractivity contribution in [3.63, 3.8) is 0 Å². The minimum atomic E-state index is -0.762. The molecule has 0 spiro atoms. The first-order valence-corrected chi connectivity index (χ1v) is 13.5. The average Bonchev–Trinajstić information content (AvgIpc) is 3.17. The Bertz CT molecular complexity index is 1410. The molecule has 1 aliphatic heterocycles. The summed E-state index contributed by atoms with van der Waals surface area (Å²) in [6, 6.07) is 21.3. The van der Waals surface area contributed by atoms with Gasteiger partial charge in [0, 0.05) is 17.7 Å². The Morgan fingerprint density at radius 3 is 2.30 bits per heavy atom. The molecule has 4 rings (SSSR count). The molecular formula is C33H38N2O5. The van der Waals surface area contributed by atoms with Crippen LogP contribution in [0.2, 0.25) is 0 Å². The summed E-state index contributed by atoms with van der Waals surface area (Å²) in [5, 5.41) is 11.6. The van der Waals surface area contributed by atoms with E-state index in [4.69, 9.17) is 9.47 Å². The molecule has 1 saturated heterocycles. The number of likely N-dealkylation sites (tertiary alicyclic amines) is 1. The van der Waals surface area contributed by atoms with Gasteiger partial charge in [0.05, 0.1) is 18.7 Å². The minimum absolute atomic E-state index is 0.0664. The average molecular weight is 543 g/mol. The molecule has 7 nitrogen and oxygen atoms in total. The molecule has 1 N–H and O–H groups in total. The van der Waals surface area contributed by atoms with Gasteiger partial charge in [-0.15, -0.1) is 0 Å². The van der Waals surface area contributed by atoms with E-state index in [0.717, 1.165) is 12.1 Å². The number of nitrogens with zero attached hydrogens (tertiary/aromatic N) is 2. The van der Waals surface area contributed by atoms with Crippen molar-refractivity contribution in [1.82, 2.24) is 9.80 Å². The molecule has 1 atom stereocenters. The van der Waals surface area contributed by atoms with Gasteiger partial charge >= 0.3 is 0 Å². The Balaban J connectivity index is 1.83. The number of carbonyl (C=O) groups is 2. The van der Waals surface area contributed by atoms with Gasteiger partial charge < -0.3 is 24.4 Å². The highest BCUT2D eigenvalue weighted by Gasteiger charge is 2.46. The SMILES string of the molecule is COc1ccc(/C(O)=C2\C(=O)C(=O)N(CCCN(C)C)C2c2cccc(Oc3ccccc3)c2)cc1C(C)(C)C. The highest BCUT2D eigenvalue weighted by atomic mass is 16.5. The van der Waals surface area contributed by atoms with Crippen molar-refractivity contribution in [2.75, 3.05) is 34.3 Å². The highest BCUT2D eigenvalue weighted by molar-refractivity contribution is 6.46. The van der Waals surface area contributed by atoms with E-state index in [0.29, 0.717) is 41.3 Å². The fraction of sp³-hybridized carbons (Fsp3) is 0.333. The molecule has 3 aromatic carbocycles. The number of ketones is 1. The number of aliphatic hydroxyl groups is 1. The molecule has 1 unspecified atom stereocenters. The molecule has 0 bridgehead atoms. The molecule has 1 fully saturated rings. The van der Waals surface area contributed by atoms with Crippen molar-refractivity contribution in [3.05, 3.63) is 95.1 Å². The van der Waals surface area contributed by atoms with Gasteiger partial charge in [0.25, 0.3) is 11.7 Å². The quantitative estimate of drug-likeness (QED) is 0.198. The maximum absolute atomic E-state index is 13.5. The lowest BCUT2D eigenvalue weighted by atomic mass is 9.84. The first-order valence-electron chi connectivity index (χ1n) is 13.5. The van der Waals surface area contributed by atoms with E-state index >= 15 is 0 Å². The van der Waals surface area contributed by atoms with Crippen LogP contribution in [0, 0.1) is 0 Å². The van der Waals surface area contributed by atoms with Crippen LogP contribution in [-0.4, -0.2) is 60.9 Å². The van der Waals surface area contributed by atoms with Crippen molar-refractivity contribution in [3.8, 4) is 17.2 Å². The molecule has 1 aliphatic rings. The summed E-state index contributed by atoms with van der Waals surface area (Å²) in [7, 11) is 5.53. The predicted molar refractivity (Wildman–Crippen MR) is 157 cm³/mol. The number of benzene rings is 3. The lowest BCUT2D eigenvalue weighted by Gasteiger charge is -2.26. The number of rotatable bonds is 9. The molecule has 0 saturated carbocycles. The number of carbonyl (C=O) groups excluding carboxylic acids is 2. The van der Waals surface area contributed by atoms with Gasteiger partial charge in [-0.05, 0) is 80.5 Å². The van der Waals surface area contributed by atoms with E-state index < -0.39 is 17.7 Å². The largest absolute Gasteiger partial charge is 0.507 e. The number of amides is 1. The minimum Gasteiger partial charge on any atom is -0.507 e. The van der Waals surface area contributed by atoms with Gasteiger partial charge in [-0.3, -0.25) is 9.59 Å². The summed E-state index contributed by atoms with van der Waals surface area (Å²) < 4.78 is 11.6. The van der Waals surface area contributed by atoms with Crippen LogP contribution in [0.5, 0.6) is 17.2 Å². The number of para-hydroxylation sites is 1. The standard InChI is InChI=1S/C33H38N2O5/c1-33(2,3)26-21-23(16-17-27(26)39-6)30(36)28-29(35(32(38)31(28)37)19-11-18-34(4)5)22-12-10-15-25(20-22)40-24-13-8-7-9-14-24/h7-10,12-17,20-21,29,36H,11,18-19H2,1-6H3/b30-28+. The van der Waals surface area contributed by atoms with Gasteiger partial charge in [-0.1, -0.05) is 51.1 Å². The second-order valence-corrected chi connectivity index (χ2v) is 11.3. The predicted octanol–water partition coefficient (Wildman–Crippen LogP) is 6.16. The number of hydrogen-bond donors (Lipinski definition) is 1. The molecule has 1 amide bonds. The third kappa shape index (κ3) is 6.20. The first-order chi connectivity index (χ1) is 19.0. The molecule has 0 radical (unpaired) electrons. The van der Waals surface area contributed by atoms with Crippen LogP contribution >= 0.6 is 0 Å². The van der Waals surface area contributed by atoms with Gasteiger partial charge in [0.2, 0.25) is 0 Å². The summed E-state index contributed by atoms with van der Waals surface area (Å²) in [5.74, 6) is 0.408. The normalized spacial score (nSPS) is 17.0. The number of Topliss-reactive ketones (excluding diaryl/α,β-unsaturated/α-hetero) is 1. The zero-order valence-corrected chi connectivity index (χ0v) is 24.1. The van der Waals surface area contributed by atoms with Crippen LogP contribution < -0.4 is 9.47 Å². The monoisotopic (exact) mass is 542 g/mol. The second kappa shape index (κ2) is 12.0. The summed E-state index contributed by atoms with van der Waals surface area (Å²) >= 11 is 0. The van der Waals surface area contributed by atoms with Crippen molar-refractivity contribution in [1.29, 1.82) is 0 Å². The van der Waals surface area contributed by atoms with E-state index in [-0.39, 0.29) is 16.7 Å². The molecule has 40 heavy (non-hydrogen) atoms. The second-order valence-electron chi connectivity index (χ2n) is 11.3. The Morgan fingerprint density at radius 2 is 1.65 bits per heavy atom. The third-order valence-corrected chi connectivity index (χ3v) is 6.98. The first kappa shape index (κ1) is 28.9. The van der Waals surface area contributed by atoms with Crippen LogP contribution in [0.4, 0.5) is 0 Å². The fourth-order valence-corrected chi connectivity index (χ4v) is 4.98. The summed E-state index contributed by atoms with van der Waals surface area (Å²) in [5.41, 5.74) is 1.82. The van der Waals surface area contributed by atoms with Crippen LogP contribution in [0.3, 0.4) is 0 Å². The summed E-state index contributed by atoms with van der Waals surface area (Å²) in [6.07, 6.45) is 0.674. The van der Waals surface area contributed by atoms with Gasteiger partial charge in [0.15, 0.2) is 0 Å². The fourth-order valence-electron chi connectivity index (χ4n) is 4.98. The van der Waals surface area contributed by atoms with Gasteiger partial charge in [-0.25, -0.2) is 0 Å². The Morgan fingerprint density at radius 1 is 0.950 bits per heavy atom. The van der Waals surface area contributed by atoms with E-state index in [1.165, 1.54) is 0 Å². The van der Waals surface area contributed by atoms with Crippen molar-refractivity contribution >= 4 is 17.4 Å². The molecule has 1 heterocycles. The highest BCUT2D eigenvalue weighted by Crippen LogP contribution is 2.42. The van der Waals surface area contributed by atoms with Crippen molar-refractivity contribution in [2.45, 2.75) is 38.6 Å².